The first kappa shape index (κ1) is 28.7. The molecular formula is C22H34N2O8P2. The summed E-state index contributed by atoms with van der Waals surface area (Å²) >= 11 is 0. The van der Waals surface area contributed by atoms with Gasteiger partial charge in [-0.15, -0.1) is 0 Å². The van der Waals surface area contributed by atoms with Crippen molar-refractivity contribution >= 4 is 20.9 Å². The van der Waals surface area contributed by atoms with E-state index in [1.165, 1.54) is 0 Å². The van der Waals surface area contributed by atoms with Crippen LogP contribution in [0.5, 0.6) is 0 Å². The van der Waals surface area contributed by atoms with Crippen LogP contribution in [0.1, 0.15) is 29.2 Å². The molecule has 190 valence electrons. The zero-order valence-electron chi connectivity index (χ0n) is 19.7. The van der Waals surface area contributed by atoms with Gasteiger partial charge in [0.2, 0.25) is 0 Å². The lowest BCUT2D eigenvalue weighted by Crippen LogP contribution is -2.33. The second kappa shape index (κ2) is 12.9. The van der Waals surface area contributed by atoms with E-state index >= 15 is 0 Å². The van der Waals surface area contributed by atoms with Crippen molar-refractivity contribution in [3.8, 4) is 0 Å². The maximum atomic E-state index is 12.2. The molecule has 34 heavy (non-hydrogen) atoms. The summed E-state index contributed by atoms with van der Waals surface area (Å²) in [6, 6.07) is 12.4. The van der Waals surface area contributed by atoms with Crippen LogP contribution in [0.4, 0.5) is 5.69 Å². The molecule has 2 aromatic carbocycles. The molecule has 2 aromatic rings. The fourth-order valence-electron chi connectivity index (χ4n) is 3.56. The summed E-state index contributed by atoms with van der Waals surface area (Å²) in [6.07, 6.45) is -1.54. The highest BCUT2D eigenvalue weighted by molar-refractivity contribution is 7.52. The minimum absolute atomic E-state index is 0.190. The van der Waals surface area contributed by atoms with Crippen molar-refractivity contribution in [3.05, 3.63) is 64.7 Å². The first-order chi connectivity index (χ1) is 15.9. The number of aliphatic hydroxyl groups is 1. The molecule has 0 aliphatic rings. The molecule has 0 saturated heterocycles. The summed E-state index contributed by atoms with van der Waals surface area (Å²) in [5, 5.41) is 10.2. The highest BCUT2D eigenvalue weighted by atomic mass is 31.2. The van der Waals surface area contributed by atoms with Crippen molar-refractivity contribution < 1.29 is 37.8 Å². The largest absolute Gasteiger partial charge is 0.399 e. The fraction of sp³-hybridized carbons (Fsp3) is 0.455. The van der Waals surface area contributed by atoms with E-state index in [1.807, 2.05) is 23.1 Å². The maximum Gasteiger partial charge on any atom is 0.332 e. The Morgan fingerprint density at radius 3 is 1.94 bits per heavy atom. The number of rotatable bonds is 14. The second-order valence-electron chi connectivity index (χ2n) is 7.94. The molecule has 0 heterocycles. The van der Waals surface area contributed by atoms with Gasteiger partial charge in [-0.1, -0.05) is 30.3 Å². The van der Waals surface area contributed by atoms with Gasteiger partial charge in [0, 0.05) is 46.1 Å². The van der Waals surface area contributed by atoms with Crippen LogP contribution < -0.4 is 5.73 Å². The fourth-order valence-corrected chi connectivity index (χ4v) is 5.11. The van der Waals surface area contributed by atoms with Gasteiger partial charge in [0.25, 0.3) is 0 Å². The van der Waals surface area contributed by atoms with Gasteiger partial charge in [0.1, 0.15) is 0 Å². The van der Waals surface area contributed by atoms with Gasteiger partial charge in [-0.2, -0.15) is 0 Å². The molecule has 0 spiro atoms. The predicted octanol–water partition coefficient (Wildman–Crippen LogP) is 3.29. The first-order valence-corrected chi connectivity index (χ1v) is 14.2. The van der Waals surface area contributed by atoms with E-state index < -0.39 is 21.5 Å². The van der Waals surface area contributed by atoms with Crippen molar-refractivity contribution in [2.45, 2.75) is 38.6 Å². The lowest BCUT2D eigenvalue weighted by Gasteiger charge is -2.26. The quantitative estimate of drug-likeness (QED) is 0.167. The molecule has 5 N–H and O–H groups in total. The molecule has 0 fully saturated rings. The van der Waals surface area contributed by atoms with Crippen molar-refractivity contribution in [2.24, 2.45) is 0 Å². The number of nitrogens with zero attached hydrogens (tertiary/aromatic N) is 1. The predicted molar refractivity (Wildman–Crippen MR) is 130 cm³/mol. The summed E-state index contributed by atoms with van der Waals surface area (Å²) < 4.78 is 39.0. The van der Waals surface area contributed by atoms with Crippen LogP contribution >= 0.6 is 15.2 Å². The highest BCUT2D eigenvalue weighted by Gasteiger charge is 2.23. The van der Waals surface area contributed by atoms with Crippen LogP contribution in [0.15, 0.2) is 42.5 Å². The monoisotopic (exact) mass is 516 g/mol. The third kappa shape index (κ3) is 9.96. The number of ether oxygens (including phenoxy) is 1. The zero-order valence-corrected chi connectivity index (χ0v) is 21.5. The summed E-state index contributed by atoms with van der Waals surface area (Å²) in [5.74, 6) is 0. The first-order valence-electron chi connectivity index (χ1n) is 10.7. The topological polar surface area (TPSA) is 152 Å². The van der Waals surface area contributed by atoms with Crippen molar-refractivity contribution in [3.63, 3.8) is 0 Å². The standard InChI is InChI=1S/C22H34N2O8P2/c1-4-32-22(25)14-24(12-17-6-5-7-21(23)11-17)13-18-8-19(15-33(26,27)30-2)10-20(9-18)16-34(28,29)31-3/h5-11,22,25H,4,12-16,23H2,1-3H3,(H,26,27)(H,28,29). The summed E-state index contributed by atoms with van der Waals surface area (Å²) in [6.45, 7) is 3.09. The molecule has 0 aliphatic carbocycles. The smallest absolute Gasteiger partial charge is 0.332 e. The molecule has 0 bridgehead atoms. The summed E-state index contributed by atoms with van der Waals surface area (Å²) in [7, 11) is -5.43. The molecule has 3 atom stereocenters. The van der Waals surface area contributed by atoms with E-state index in [4.69, 9.17) is 19.5 Å². The Bertz CT molecular complexity index is 991. The van der Waals surface area contributed by atoms with Crippen molar-refractivity contribution in [2.75, 3.05) is 33.1 Å². The Hall–Kier alpha value is -1.58. The minimum atomic E-state index is -3.87. The Morgan fingerprint density at radius 2 is 1.44 bits per heavy atom. The van der Waals surface area contributed by atoms with Gasteiger partial charge >= 0.3 is 15.2 Å². The number of hydrogen-bond donors (Lipinski definition) is 4. The van der Waals surface area contributed by atoms with E-state index in [9.17, 15) is 24.0 Å². The third-order valence-corrected chi connectivity index (χ3v) is 7.66. The van der Waals surface area contributed by atoms with Crippen LogP contribution in [0, 0.1) is 0 Å². The van der Waals surface area contributed by atoms with Gasteiger partial charge in [0.15, 0.2) is 6.29 Å². The van der Waals surface area contributed by atoms with Crippen LogP contribution in [0.3, 0.4) is 0 Å². The van der Waals surface area contributed by atoms with E-state index in [2.05, 4.69) is 0 Å². The Labute approximate surface area is 200 Å². The van der Waals surface area contributed by atoms with Crippen molar-refractivity contribution in [1.82, 2.24) is 4.90 Å². The molecule has 0 amide bonds. The number of nitrogen functional groups attached to an aromatic ring is 1. The third-order valence-electron chi connectivity index (χ3n) is 4.98. The van der Waals surface area contributed by atoms with Crippen LogP contribution in [0.25, 0.3) is 0 Å². The molecule has 0 saturated carbocycles. The van der Waals surface area contributed by atoms with E-state index in [1.54, 1.807) is 31.2 Å². The van der Waals surface area contributed by atoms with E-state index in [-0.39, 0.29) is 18.9 Å². The number of benzene rings is 2. The summed E-state index contributed by atoms with van der Waals surface area (Å²) in [5.41, 5.74) is 9.12. The second-order valence-corrected chi connectivity index (χ2v) is 11.9. The van der Waals surface area contributed by atoms with Gasteiger partial charge < -0.3 is 34.4 Å². The number of anilines is 1. The van der Waals surface area contributed by atoms with Crippen molar-refractivity contribution in [1.29, 1.82) is 0 Å². The maximum absolute atomic E-state index is 12.2. The Balaban J connectivity index is 2.39. The van der Waals surface area contributed by atoms with Gasteiger partial charge in [0.05, 0.1) is 12.3 Å². The normalized spacial score (nSPS) is 16.2. The molecule has 10 nitrogen and oxygen atoms in total. The molecular weight excluding hydrogens is 482 g/mol. The molecule has 2 rings (SSSR count). The van der Waals surface area contributed by atoms with Gasteiger partial charge in [-0.3, -0.25) is 14.0 Å². The van der Waals surface area contributed by atoms with Crippen LogP contribution in [0.2, 0.25) is 0 Å². The lowest BCUT2D eigenvalue weighted by molar-refractivity contribution is -0.111. The average Bonchev–Trinajstić information content (AvgIpc) is 2.73. The lowest BCUT2D eigenvalue weighted by atomic mass is 10.1. The molecule has 0 aromatic heterocycles. The minimum Gasteiger partial charge on any atom is -0.399 e. The average molecular weight is 516 g/mol. The molecule has 3 unspecified atom stereocenters. The van der Waals surface area contributed by atoms with Crippen LogP contribution in [-0.2, 0) is 48.3 Å². The molecule has 12 heteroatoms. The van der Waals surface area contributed by atoms with E-state index in [0.717, 1.165) is 19.8 Å². The van der Waals surface area contributed by atoms with Gasteiger partial charge in [-0.05, 0) is 41.3 Å². The SMILES string of the molecule is CCOC(O)CN(Cc1cccc(N)c1)Cc1cc(CP(=O)(O)OC)cc(CP(=O)(O)OC)c1. The number of hydrogen-bond acceptors (Lipinski definition) is 8. The highest BCUT2D eigenvalue weighted by Crippen LogP contribution is 2.47. The van der Waals surface area contributed by atoms with Crippen LogP contribution in [-0.4, -0.2) is 53.5 Å². The number of aliphatic hydroxyl groups excluding tert-OH is 1. The molecule has 0 radical (unpaired) electrons. The number of nitrogens with two attached hydrogens (primary N) is 1. The van der Waals surface area contributed by atoms with Gasteiger partial charge in [-0.25, -0.2) is 0 Å². The zero-order chi connectivity index (χ0) is 25.4. The summed E-state index contributed by atoms with van der Waals surface area (Å²) in [4.78, 5) is 21.8. The Kier molecular flexibility index (Phi) is 10.9. The Morgan fingerprint density at radius 1 is 0.912 bits per heavy atom. The van der Waals surface area contributed by atoms with E-state index in [0.29, 0.717) is 42.1 Å². The molecule has 0 aliphatic heterocycles.